The summed E-state index contributed by atoms with van der Waals surface area (Å²) in [5.41, 5.74) is 6.24. The molecule has 0 heterocycles. The van der Waals surface area contributed by atoms with Crippen molar-refractivity contribution in [2.75, 3.05) is 14.2 Å². The van der Waals surface area contributed by atoms with Gasteiger partial charge in [0.1, 0.15) is 5.75 Å². The van der Waals surface area contributed by atoms with Crippen LogP contribution in [0.25, 0.3) is 0 Å². The van der Waals surface area contributed by atoms with Crippen molar-refractivity contribution >= 4 is 12.1 Å². The third-order valence-corrected chi connectivity index (χ3v) is 2.24. The first-order valence-corrected chi connectivity index (χ1v) is 4.65. The van der Waals surface area contributed by atoms with E-state index in [2.05, 4.69) is 0 Å². The molecule has 1 amide bonds. The van der Waals surface area contributed by atoms with Crippen LogP contribution in [-0.4, -0.2) is 26.3 Å². The summed E-state index contributed by atoms with van der Waals surface area (Å²) < 4.78 is 10.1. The van der Waals surface area contributed by atoms with E-state index >= 15 is 0 Å². The summed E-state index contributed by atoms with van der Waals surface area (Å²) in [5, 5.41) is 7.33. The van der Waals surface area contributed by atoms with Gasteiger partial charge in [0.2, 0.25) is 0 Å². The van der Waals surface area contributed by atoms with E-state index in [-0.39, 0.29) is 0 Å². The van der Waals surface area contributed by atoms with Gasteiger partial charge in [0.05, 0.1) is 7.11 Å². The molecule has 0 radical (unpaired) electrons. The van der Waals surface area contributed by atoms with Crippen LogP contribution in [0.4, 0.5) is 0 Å². The fourth-order valence-electron chi connectivity index (χ4n) is 1.52. The topological polar surface area (TPSA) is 85.4 Å². The van der Waals surface area contributed by atoms with E-state index in [4.69, 9.17) is 20.6 Å². The molecular formula is C11H14N2O3. The maximum Gasteiger partial charge on any atom is 0.251 e. The average molecular weight is 222 g/mol. The maximum atomic E-state index is 11.2. The predicted octanol–water partition coefficient (Wildman–Crippen LogP) is 0.866. The normalized spacial score (nSPS) is 11.9. The molecule has 86 valence electrons. The van der Waals surface area contributed by atoms with Gasteiger partial charge in [0, 0.05) is 24.5 Å². The number of carbonyl (C=O) groups is 1. The lowest BCUT2D eigenvalue weighted by atomic mass is 10.0. The molecule has 5 nitrogen and oxygen atoms in total. The lowest BCUT2D eigenvalue weighted by Crippen LogP contribution is -2.24. The molecule has 5 heteroatoms. The number of carbonyl (C=O) groups excluding carboxylic acids is 1. The van der Waals surface area contributed by atoms with E-state index in [9.17, 15) is 4.79 Å². The van der Waals surface area contributed by atoms with Gasteiger partial charge in [-0.05, 0) is 6.07 Å². The highest BCUT2D eigenvalue weighted by Crippen LogP contribution is 2.26. The van der Waals surface area contributed by atoms with Crippen molar-refractivity contribution in [2.24, 2.45) is 5.73 Å². The van der Waals surface area contributed by atoms with E-state index < -0.39 is 12.0 Å². The number of hydrogen-bond acceptors (Lipinski definition) is 4. The van der Waals surface area contributed by atoms with Gasteiger partial charge in [-0.3, -0.25) is 4.79 Å². The fraction of sp³-hybridized carbons (Fsp3) is 0.273. The average Bonchev–Trinajstić information content (AvgIpc) is 2.29. The van der Waals surface area contributed by atoms with Gasteiger partial charge in [-0.1, -0.05) is 12.1 Å². The quantitative estimate of drug-likeness (QED) is 0.725. The molecule has 1 aromatic rings. The molecule has 1 aromatic carbocycles. The number of nitrogens with two attached hydrogens (primary N) is 1. The molecule has 0 aromatic heterocycles. The molecule has 0 aliphatic carbocycles. The largest absolute Gasteiger partial charge is 0.496 e. The molecule has 0 saturated heterocycles. The zero-order valence-electron chi connectivity index (χ0n) is 9.19. The highest BCUT2D eigenvalue weighted by atomic mass is 16.5. The minimum absolute atomic E-state index is 0.496. The Morgan fingerprint density at radius 2 is 2.19 bits per heavy atom. The Labute approximate surface area is 93.7 Å². The van der Waals surface area contributed by atoms with Crippen molar-refractivity contribution in [3.63, 3.8) is 0 Å². The molecule has 0 fully saturated rings. The van der Waals surface area contributed by atoms with Gasteiger partial charge in [-0.15, -0.1) is 0 Å². The Morgan fingerprint density at radius 3 is 2.62 bits per heavy atom. The first-order chi connectivity index (χ1) is 7.65. The summed E-state index contributed by atoms with van der Waals surface area (Å²) in [4.78, 5) is 11.2. The second kappa shape index (κ2) is 5.27. The van der Waals surface area contributed by atoms with Gasteiger partial charge in [-0.2, -0.15) is 0 Å². The van der Waals surface area contributed by atoms with Crippen LogP contribution in [0.5, 0.6) is 5.75 Å². The van der Waals surface area contributed by atoms with Crippen molar-refractivity contribution < 1.29 is 14.3 Å². The Morgan fingerprint density at radius 1 is 1.50 bits per heavy atom. The standard InChI is InChI=1S/C11H14N2O3/c1-15-9-5-3-4-7(8(9)6-12)10(16-2)11(13)14/h3-6,10,12H,1-2H3,(H2,13,14). The Balaban J connectivity index is 3.31. The van der Waals surface area contributed by atoms with Gasteiger partial charge in [0.25, 0.3) is 5.91 Å². The minimum atomic E-state index is -0.869. The highest BCUT2D eigenvalue weighted by molar-refractivity contribution is 5.89. The predicted molar refractivity (Wildman–Crippen MR) is 59.8 cm³/mol. The van der Waals surface area contributed by atoms with Crippen molar-refractivity contribution in [1.29, 1.82) is 5.41 Å². The zero-order valence-corrected chi connectivity index (χ0v) is 9.19. The van der Waals surface area contributed by atoms with E-state index in [1.165, 1.54) is 14.2 Å². The first-order valence-electron chi connectivity index (χ1n) is 4.65. The molecule has 0 bridgehead atoms. The van der Waals surface area contributed by atoms with Crippen molar-refractivity contribution in [3.8, 4) is 5.75 Å². The second-order valence-electron chi connectivity index (χ2n) is 3.13. The molecule has 0 aliphatic heterocycles. The van der Waals surface area contributed by atoms with Crippen LogP contribution in [0, 0.1) is 5.41 Å². The summed E-state index contributed by atoms with van der Waals surface area (Å²) in [7, 11) is 2.89. The lowest BCUT2D eigenvalue weighted by molar-refractivity contribution is -0.128. The maximum absolute atomic E-state index is 11.2. The van der Waals surface area contributed by atoms with Crippen LogP contribution in [0.3, 0.4) is 0 Å². The summed E-state index contributed by atoms with van der Waals surface area (Å²) in [6, 6.07) is 5.11. The number of methoxy groups -OCH3 is 2. The van der Waals surface area contributed by atoms with Gasteiger partial charge in [-0.25, -0.2) is 0 Å². The first kappa shape index (κ1) is 12.2. The number of amides is 1. The van der Waals surface area contributed by atoms with Crippen LogP contribution in [0.1, 0.15) is 17.2 Å². The van der Waals surface area contributed by atoms with Crippen molar-refractivity contribution in [1.82, 2.24) is 0 Å². The molecule has 0 saturated carbocycles. The van der Waals surface area contributed by atoms with Crippen molar-refractivity contribution in [2.45, 2.75) is 6.10 Å². The Bertz CT molecular complexity index is 404. The molecule has 3 N–H and O–H groups in total. The van der Waals surface area contributed by atoms with Gasteiger partial charge in [0.15, 0.2) is 6.10 Å². The van der Waals surface area contributed by atoms with E-state index in [1.807, 2.05) is 0 Å². The number of hydrogen-bond donors (Lipinski definition) is 2. The number of nitrogens with one attached hydrogen (secondary N) is 1. The zero-order chi connectivity index (χ0) is 12.1. The third kappa shape index (κ3) is 2.20. The molecule has 1 atom stereocenters. The molecule has 1 rings (SSSR count). The van der Waals surface area contributed by atoms with Gasteiger partial charge >= 0.3 is 0 Å². The Kier molecular flexibility index (Phi) is 4.02. The molecule has 0 spiro atoms. The highest BCUT2D eigenvalue weighted by Gasteiger charge is 2.21. The fourth-order valence-corrected chi connectivity index (χ4v) is 1.52. The number of rotatable bonds is 5. The molecule has 1 unspecified atom stereocenters. The Hall–Kier alpha value is -1.88. The van der Waals surface area contributed by atoms with Crippen LogP contribution in [0.2, 0.25) is 0 Å². The van der Waals surface area contributed by atoms with Crippen molar-refractivity contribution in [3.05, 3.63) is 29.3 Å². The SMILES string of the molecule is COc1cccc(C(OC)C(N)=O)c1C=N. The number of benzene rings is 1. The van der Waals surface area contributed by atoms with E-state index in [1.54, 1.807) is 18.2 Å². The third-order valence-electron chi connectivity index (χ3n) is 2.24. The lowest BCUT2D eigenvalue weighted by Gasteiger charge is -2.16. The monoisotopic (exact) mass is 222 g/mol. The summed E-state index contributed by atoms with van der Waals surface area (Å²) in [6.45, 7) is 0. The molecule has 16 heavy (non-hydrogen) atoms. The number of primary amides is 1. The number of ether oxygens (including phenoxy) is 2. The van der Waals surface area contributed by atoms with Crippen LogP contribution < -0.4 is 10.5 Å². The molecule has 0 aliphatic rings. The summed E-state index contributed by atoms with van der Waals surface area (Å²) in [6.07, 6.45) is 0.245. The van der Waals surface area contributed by atoms with Crippen LogP contribution in [-0.2, 0) is 9.53 Å². The van der Waals surface area contributed by atoms with E-state index in [0.717, 1.165) is 6.21 Å². The van der Waals surface area contributed by atoms with Crippen LogP contribution in [0.15, 0.2) is 18.2 Å². The summed E-state index contributed by atoms with van der Waals surface area (Å²) in [5.74, 6) is -0.0883. The molecular weight excluding hydrogens is 208 g/mol. The van der Waals surface area contributed by atoms with Crippen LogP contribution >= 0.6 is 0 Å². The summed E-state index contributed by atoms with van der Waals surface area (Å²) >= 11 is 0. The van der Waals surface area contributed by atoms with Gasteiger partial charge < -0.3 is 20.6 Å². The second-order valence-corrected chi connectivity index (χ2v) is 3.13. The van der Waals surface area contributed by atoms with E-state index in [0.29, 0.717) is 16.9 Å². The smallest absolute Gasteiger partial charge is 0.251 e. The minimum Gasteiger partial charge on any atom is -0.496 e.